The van der Waals surface area contributed by atoms with Gasteiger partial charge in [-0.1, -0.05) is 11.6 Å². The molecule has 10 nitrogen and oxygen atoms in total. The number of nitrogens with zero attached hydrogens (tertiary/aromatic N) is 3. The number of halogens is 2. The van der Waals surface area contributed by atoms with E-state index in [9.17, 15) is 24.1 Å². The van der Waals surface area contributed by atoms with Gasteiger partial charge in [0.05, 0.1) is 31.8 Å². The smallest absolute Gasteiger partial charge is 0.327 e. The molecule has 0 N–H and O–H groups in total. The minimum atomic E-state index is -0.726. The lowest BCUT2D eigenvalue weighted by Crippen LogP contribution is -2.50. The van der Waals surface area contributed by atoms with Crippen molar-refractivity contribution in [3.8, 4) is 17.2 Å². The van der Waals surface area contributed by atoms with Crippen LogP contribution in [0.15, 0.2) is 24.3 Å². The number of rotatable bonds is 6. The molecule has 12 heteroatoms. The third-order valence-corrected chi connectivity index (χ3v) is 5.46. The summed E-state index contributed by atoms with van der Waals surface area (Å²) in [5, 5.41) is 12.0. The van der Waals surface area contributed by atoms with Crippen LogP contribution in [0.2, 0.25) is 5.02 Å². The molecule has 2 aromatic rings. The standard InChI is InChI=1S/C21H21ClFN3O7/c1-31-16-11-14(17(26(29)30)19(33-3)18(16)32-2)21(28)25-8-6-24(7-9-25)20(27)13-10-12(22)4-5-15(13)23/h4-5,10-11H,6-9H2,1-3H3. The summed E-state index contributed by atoms with van der Waals surface area (Å²) in [5.74, 6) is -2.05. The summed E-state index contributed by atoms with van der Waals surface area (Å²) in [6, 6.07) is 4.92. The predicted molar refractivity (Wildman–Crippen MR) is 116 cm³/mol. The molecule has 0 unspecified atom stereocenters. The molecule has 0 saturated carbocycles. The van der Waals surface area contributed by atoms with Gasteiger partial charge in [0.15, 0.2) is 5.75 Å². The molecule has 1 heterocycles. The Hall–Kier alpha value is -3.60. The number of amides is 2. The van der Waals surface area contributed by atoms with E-state index in [2.05, 4.69) is 0 Å². The van der Waals surface area contributed by atoms with Gasteiger partial charge in [-0.15, -0.1) is 0 Å². The number of piperazine rings is 1. The first-order valence-electron chi connectivity index (χ1n) is 9.74. The first-order valence-corrected chi connectivity index (χ1v) is 10.1. The van der Waals surface area contributed by atoms with Gasteiger partial charge in [0.2, 0.25) is 11.5 Å². The number of ether oxygens (including phenoxy) is 3. The number of carbonyl (C=O) groups is 2. The van der Waals surface area contributed by atoms with Crippen LogP contribution >= 0.6 is 11.6 Å². The molecule has 1 aliphatic rings. The normalized spacial score (nSPS) is 13.5. The molecule has 0 atom stereocenters. The number of methoxy groups -OCH3 is 3. The van der Waals surface area contributed by atoms with Gasteiger partial charge in [0.25, 0.3) is 11.8 Å². The fraction of sp³-hybridized carbons (Fsp3) is 0.333. The summed E-state index contributed by atoms with van der Waals surface area (Å²) in [5.41, 5.74) is -0.961. The molecule has 0 aliphatic carbocycles. The van der Waals surface area contributed by atoms with E-state index in [0.717, 1.165) is 6.07 Å². The highest BCUT2D eigenvalue weighted by Crippen LogP contribution is 2.46. The largest absolute Gasteiger partial charge is 0.493 e. The zero-order valence-electron chi connectivity index (χ0n) is 18.1. The van der Waals surface area contributed by atoms with Crippen molar-refractivity contribution in [1.29, 1.82) is 0 Å². The molecule has 1 fully saturated rings. The number of nitro benzene ring substituents is 1. The lowest BCUT2D eigenvalue weighted by atomic mass is 10.1. The minimum absolute atomic E-state index is 0.0118. The molecule has 0 aromatic heterocycles. The molecular weight excluding hydrogens is 461 g/mol. The van der Waals surface area contributed by atoms with Crippen molar-refractivity contribution in [3.63, 3.8) is 0 Å². The molecule has 0 bridgehead atoms. The second-order valence-electron chi connectivity index (χ2n) is 7.01. The molecule has 1 saturated heterocycles. The van der Waals surface area contributed by atoms with Gasteiger partial charge < -0.3 is 24.0 Å². The Morgan fingerprint density at radius 1 is 0.939 bits per heavy atom. The molecule has 2 amide bonds. The van der Waals surface area contributed by atoms with Crippen LogP contribution < -0.4 is 14.2 Å². The number of nitro groups is 1. The maximum atomic E-state index is 14.1. The molecule has 0 spiro atoms. The first kappa shape index (κ1) is 24.1. The summed E-state index contributed by atoms with van der Waals surface area (Å²) in [7, 11) is 3.85. The first-order chi connectivity index (χ1) is 15.7. The van der Waals surface area contributed by atoms with Crippen molar-refractivity contribution in [3.05, 3.63) is 56.3 Å². The van der Waals surface area contributed by atoms with Crippen molar-refractivity contribution in [2.75, 3.05) is 47.5 Å². The lowest BCUT2D eigenvalue weighted by molar-refractivity contribution is -0.386. The average Bonchev–Trinajstić information content (AvgIpc) is 2.82. The summed E-state index contributed by atoms with van der Waals surface area (Å²) < 4.78 is 29.6. The predicted octanol–water partition coefficient (Wildman–Crippen LogP) is 3.01. The maximum absolute atomic E-state index is 14.1. The zero-order chi connectivity index (χ0) is 24.3. The van der Waals surface area contributed by atoms with E-state index < -0.39 is 28.2 Å². The molecular formula is C21H21ClFN3O7. The summed E-state index contributed by atoms with van der Waals surface area (Å²) in [6.45, 7) is 0.380. The second-order valence-corrected chi connectivity index (χ2v) is 7.44. The van der Waals surface area contributed by atoms with Crippen LogP contribution in [-0.2, 0) is 0 Å². The third kappa shape index (κ3) is 4.63. The van der Waals surface area contributed by atoms with E-state index in [1.54, 1.807) is 0 Å². The molecule has 3 rings (SSSR count). The second kappa shape index (κ2) is 9.90. The molecule has 0 radical (unpaired) electrons. The molecule has 1 aliphatic heterocycles. The van der Waals surface area contributed by atoms with Crippen molar-refractivity contribution >= 4 is 29.1 Å². The van der Waals surface area contributed by atoms with Crippen molar-refractivity contribution in [2.24, 2.45) is 0 Å². The van der Waals surface area contributed by atoms with Crippen LogP contribution in [0.1, 0.15) is 20.7 Å². The average molecular weight is 482 g/mol. The SMILES string of the molecule is COc1cc(C(=O)N2CCN(C(=O)c3cc(Cl)ccc3F)CC2)c([N+](=O)[O-])c(OC)c1OC. The van der Waals surface area contributed by atoms with Crippen LogP contribution in [-0.4, -0.2) is 74.0 Å². The number of carbonyl (C=O) groups excluding carboxylic acids is 2. The highest BCUT2D eigenvalue weighted by Gasteiger charge is 2.35. The third-order valence-electron chi connectivity index (χ3n) is 5.23. The van der Waals surface area contributed by atoms with E-state index in [1.165, 1.54) is 49.3 Å². The lowest BCUT2D eigenvalue weighted by Gasteiger charge is -2.35. The quantitative estimate of drug-likeness (QED) is 0.460. The molecule has 176 valence electrons. The monoisotopic (exact) mass is 481 g/mol. The summed E-state index contributed by atoms with van der Waals surface area (Å²) >= 11 is 5.87. The Labute approximate surface area is 193 Å². The fourth-order valence-corrected chi connectivity index (χ4v) is 3.77. The van der Waals surface area contributed by atoms with Crippen molar-refractivity contribution < 1.29 is 33.1 Å². The van der Waals surface area contributed by atoms with Crippen LogP contribution in [0.5, 0.6) is 17.2 Å². The van der Waals surface area contributed by atoms with Crippen molar-refractivity contribution in [2.45, 2.75) is 0 Å². The minimum Gasteiger partial charge on any atom is -0.493 e. The van der Waals surface area contributed by atoms with E-state index >= 15 is 0 Å². The van der Waals surface area contributed by atoms with E-state index in [1.807, 2.05) is 0 Å². The topological polar surface area (TPSA) is 111 Å². The van der Waals surface area contributed by atoms with E-state index in [0.29, 0.717) is 0 Å². The maximum Gasteiger partial charge on any atom is 0.327 e. The number of hydrogen-bond donors (Lipinski definition) is 0. The van der Waals surface area contributed by atoms with Gasteiger partial charge in [0, 0.05) is 37.3 Å². The van der Waals surface area contributed by atoms with Gasteiger partial charge in [-0.25, -0.2) is 4.39 Å². The van der Waals surface area contributed by atoms with Gasteiger partial charge >= 0.3 is 5.69 Å². The van der Waals surface area contributed by atoms with Gasteiger partial charge in [0.1, 0.15) is 11.4 Å². The van der Waals surface area contributed by atoms with Gasteiger partial charge in [-0.05, 0) is 18.2 Å². The Morgan fingerprint density at radius 3 is 1.97 bits per heavy atom. The Bertz CT molecular complexity index is 1100. The Kier molecular flexibility index (Phi) is 7.22. The fourth-order valence-electron chi connectivity index (χ4n) is 3.60. The van der Waals surface area contributed by atoms with E-state index in [-0.39, 0.29) is 59.6 Å². The Morgan fingerprint density at radius 2 is 1.48 bits per heavy atom. The van der Waals surface area contributed by atoms with Gasteiger partial charge in [-0.2, -0.15) is 0 Å². The molecule has 2 aromatic carbocycles. The van der Waals surface area contributed by atoms with Crippen LogP contribution in [0.3, 0.4) is 0 Å². The summed E-state index contributed by atoms with van der Waals surface area (Å²) in [6.07, 6.45) is 0. The summed E-state index contributed by atoms with van der Waals surface area (Å²) in [4.78, 5) is 39.7. The Balaban J connectivity index is 1.85. The number of hydrogen-bond acceptors (Lipinski definition) is 7. The van der Waals surface area contributed by atoms with Crippen LogP contribution in [0, 0.1) is 15.9 Å². The number of benzene rings is 2. The van der Waals surface area contributed by atoms with E-state index in [4.69, 9.17) is 25.8 Å². The highest BCUT2D eigenvalue weighted by atomic mass is 35.5. The van der Waals surface area contributed by atoms with Crippen LogP contribution in [0.4, 0.5) is 10.1 Å². The highest BCUT2D eigenvalue weighted by molar-refractivity contribution is 6.31. The van der Waals surface area contributed by atoms with Crippen molar-refractivity contribution in [1.82, 2.24) is 9.80 Å². The van der Waals surface area contributed by atoms with Crippen LogP contribution in [0.25, 0.3) is 0 Å². The van der Waals surface area contributed by atoms with Gasteiger partial charge in [-0.3, -0.25) is 19.7 Å². The zero-order valence-corrected chi connectivity index (χ0v) is 18.8. The molecule has 33 heavy (non-hydrogen) atoms.